The van der Waals surface area contributed by atoms with Crippen LogP contribution in [0, 0.1) is 5.82 Å². The highest BCUT2D eigenvalue weighted by atomic mass is 19.1. The number of piperazine rings is 1. The fourth-order valence-electron chi connectivity index (χ4n) is 3.50. The molecule has 7 heteroatoms. The number of halogens is 1. The minimum absolute atomic E-state index is 0.0868. The van der Waals surface area contributed by atoms with E-state index in [1.807, 2.05) is 9.80 Å². The Kier molecular flexibility index (Phi) is 3.96. The normalized spacial score (nSPS) is 24.2. The van der Waals surface area contributed by atoms with Gasteiger partial charge in [0, 0.05) is 55.2 Å². The first kappa shape index (κ1) is 15.8. The Bertz CT molecular complexity index is 669. The van der Waals surface area contributed by atoms with Crippen LogP contribution in [-0.2, 0) is 0 Å². The Labute approximate surface area is 139 Å². The van der Waals surface area contributed by atoms with Crippen LogP contribution < -0.4 is 15.1 Å². The first-order valence-electron chi connectivity index (χ1n) is 8.39. The second-order valence-corrected chi connectivity index (χ2v) is 6.64. The number of hydrogen-bond acceptors (Lipinski definition) is 6. The van der Waals surface area contributed by atoms with Crippen molar-refractivity contribution in [3.8, 4) is 0 Å². The van der Waals surface area contributed by atoms with Crippen LogP contribution in [0.4, 0.5) is 15.8 Å². The lowest BCUT2D eigenvalue weighted by Gasteiger charge is -2.36. The molecule has 4 N–H and O–H groups in total. The van der Waals surface area contributed by atoms with E-state index in [1.54, 1.807) is 12.3 Å². The molecule has 1 aromatic rings. The maximum atomic E-state index is 14.7. The third kappa shape index (κ3) is 2.67. The summed E-state index contributed by atoms with van der Waals surface area (Å²) < 4.78 is 14.7. The van der Waals surface area contributed by atoms with E-state index in [4.69, 9.17) is 0 Å². The van der Waals surface area contributed by atoms with Gasteiger partial charge in [-0.15, -0.1) is 0 Å². The molecule has 2 fully saturated rings. The molecule has 0 radical (unpaired) electrons. The Morgan fingerprint density at radius 2 is 1.83 bits per heavy atom. The number of benzene rings is 1. The molecule has 2 aliphatic heterocycles. The average Bonchev–Trinajstić information content (AvgIpc) is 3.40. The number of hydrogen-bond donors (Lipinski definition) is 4. The van der Waals surface area contributed by atoms with Gasteiger partial charge in [0.15, 0.2) is 6.29 Å². The lowest BCUT2D eigenvalue weighted by Crippen LogP contribution is -2.44. The summed E-state index contributed by atoms with van der Waals surface area (Å²) in [7, 11) is 0. The molecule has 0 bridgehead atoms. The molecule has 3 aliphatic rings. The molecule has 1 unspecified atom stereocenters. The zero-order valence-corrected chi connectivity index (χ0v) is 13.3. The van der Waals surface area contributed by atoms with Gasteiger partial charge in [0.1, 0.15) is 11.9 Å². The van der Waals surface area contributed by atoms with E-state index in [0.717, 1.165) is 44.7 Å². The number of rotatable bonds is 3. The first-order chi connectivity index (χ1) is 11.6. The maximum absolute atomic E-state index is 14.7. The lowest BCUT2D eigenvalue weighted by molar-refractivity contribution is -0.0254. The van der Waals surface area contributed by atoms with E-state index >= 15 is 0 Å². The summed E-state index contributed by atoms with van der Waals surface area (Å²) in [6.07, 6.45) is 0.642. The molecule has 4 rings (SSSR count). The van der Waals surface area contributed by atoms with Gasteiger partial charge in [-0.05, 0) is 25.0 Å². The van der Waals surface area contributed by atoms with Crippen molar-refractivity contribution >= 4 is 11.4 Å². The van der Waals surface area contributed by atoms with E-state index in [2.05, 4.69) is 5.32 Å². The van der Waals surface area contributed by atoms with E-state index in [0.29, 0.717) is 11.3 Å². The highest BCUT2D eigenvalue weighted by Gasteiger charge is 2.37. The Morgan fingerprint density at radius 3 is 2.46 bits per heavy atom. The number of anilines is 2. The van der Waals surface area contributed by atoms with Gasteiger partial charge in [0.25, 0.3) is 0 Å². The molecule has 1 aromatic carbocycles. The van der Waals surface area contributed by atoms with Crippen molar-refractivity contribution in [3.63, 3.8) is 0 Å². The van der Waals surface area contributed by atoms with Crippen LogP contribution in [0.2, 0.25) is 0 Å². The zero-order valence-electron chi connectivity index (χ0n) is 13.3. The van der Waals surface area contributed by atoms with Crippen LogP contribution in [0.5, 0.6) is 0 Å². The summed E-state index contributed by atoms with van der Waals surface area (Å²) in [6, 6.07) is 3.39. The van der Waals surface area contributed by atoms with E-state index in [-0.39, 0.29) is 17.4 Å². The van der Waals surface area contributed by atoms with Crippen molar-refractivity contribution in [1.29, 1.82) is 0 Å². The topological polar surface area (TPSA) is 79.2 Å². The minimum atomic E-state index is -1.76. The van der Waals surface area contributed by atoms with Gasteiger partial charge in [0.2, 0.25) is 0 Å². The summed E-state index contributed by atoms with van der Waals surface area (Å²) in [4.78, 5) is 3.95. The Hall–Kier alpha value is -1.67. The number of nitrogens with zero attached hydrogens (tertiary/aromatic N) is 2. The first-order valence-corrected chi connectivity index (χ1v) is 8.39. The highest BCUT2D eigenvalue weighted by molar-refractivity contribution is 5.70. The third-order valence-corrected chi connectivity index (χ3v) is 4.97. The molecule has 1 saturated heterocycles. The molecule has 2 heterocycles. The molecular weight excluding hydrogens is 313 g/mol. The molecule has 0 aromatic heterocycles. The summed E-state index contributed by atoms with van der Waals surface area (Å²) in [6.45, 7) is 3.09. The average molecular weight is 335 g/mol. The lowest BCUT2D eigenvalue weighted by atomic mass is 9.94. The summed E-state index contributed by atoms with van der Waals surface area (Å²) in [5.41, 5.74) is 1.77. The van der Waals surface area contributed by atoms with Crippen molar-refractivity contribution in [1.82, 2.24) is 5.32 Å². The molecular formula is C17H22FN3O3. The highest BCUT2D eigenvalue weighted by Crippen LogP contribution is 2.44. The van der Waals surface area contributed by atoms with Crippen LogP contribution >= 0.6 is 0 Å². The van der Waals surface area contributed by atoms with E-state index in [9.17, 15) is 19.7 Å². The molecule has 130 valence electrons. The fraction of sp³-hybridized carbons (Fsp3) is 0.529. The smallest absolute Gasteiger partial charge is 0.178 e. The largest absolute Gasteiger partial charge is 0.384 e. The van der Waals surface area contributed by atoms with Crippen molar-refractivity contribution in [2.24, 2.45) is 0 Å². The molecule has 1 aliphatic carbocycles. The van der Waals surface area contributed by atoms with Crippen molar-refractivity contribution in [2.75, 3.05) is 36.0 Å². The van der Waals surface area contributed by atoms with Crippen LogP contribution in [0.25, 0.3) is 0 Å². The van der Waals surface area contributed by atoms with Gasteiger partial charge >= 0.3 is 0 Å². The summed E-state index contributed by atoms with van der Waals surface area (Å²) in [5, 5.41) is 32.7. The van der Waals surface area contributed by atoms with Crippen LogP contribution in [0.1, 0.15) is 24.5 Å². The number of nitrogens with one attached hydrogen (secondary N) is 1. The second-order valence-electron chi connectivity index (χ2n) is 6.64. The molecule has 0 amide bonds. The minimum Gasteiger partial charge on any atom is -0.384 e. The molecule has 24 heavy (non-hydrogen) atoms. The molecule has 1 saturated carbocycles. The van der Waals surface area contributed by atoms with Crippen LogP contribution in [0.15, 0.2) is 23.9 Å². The van der Waals surface area contributed by atoms with Gasteiger partial charge in [-0.25, -0.2) is 4.39 Å². The van der Waals surface area contributed by atoms with Gasteiger partial charge in [0.05, 0.1) is 5.69 Å². The predicted molar refractivity (Wildman–Crippen MR) is 88.3 cm³/mol. The van der Waals surface area contributed by atoms with Gasteiger partial charge in [-0.3, -0.25) is 0 Å². The Morgan fingerprint density at radius 1 is 1.12 bits per heavy atom. The molecule has 0 spiro atoms. The van der Waals surface area contributed by atoms with Crippen molar-refractivity contribution in [2.45, 2.75) is 31.3 Å². The maximum Gasteiger partial charge on any atom is 0.178 e. The molecule has 6 nitrogen and oxygen atoms in total. The van der Waals surface area contributed by atoms with Crippen molar-refractivity contribution < 1.29 is 19.7 Å². The van der Waals surface area contributed by atoms with Gasteiger partial charge in [-0.1, -0.05) is 0 Å². The van der Waals surface area contributed by atoms with Gasteiger partial charge < -0.3 is 30.4 Å². The predicted octanol–water partition coefficient (Wildman–Crippen LogP) is 0.446. The number of aliphatic hydroxyl groups is 3. The van der Waals surface area contributed by atoms with E-state index < -0.39 is 12.4 Å². The second kappa shape index (κ2) is 6.00. The quantitative estimate of drug-likeness (QED) is 0.601. The standard InChI is InChI=1S/C17H22FN3O3/c18-13-7-11-14(8-15(13)20-5-3-19-4-6-20)21(10-1-2-10)9-12(16(11)22)17(23)24/h7-10,16-17,19,22-24H,1-6H2. The third-order valence-electron chi connectivity index (χ3n) is 4.97. The van der Waals surface area contributed by atoms with Crippen LogP contribution in [-0.4, -0.2) is 53.8 Å². The monoisotopic (exact) mass is 335 g/mol. The Balaban J connectivity index is 1.77. The summed E-state index contributed by atoms with van der Waals surface area (Å²) in [5.74, 6) is -0.390. The fourth-order valence-corrected chi connectivity index (χ4v) is 3.50. The number of fused-ring (bicyclic) bond motifs is 1. The van der Waals surface area contributed by atoms with Gasteiger partial charge in [-0.2, -0.15) is 0 Å². The van der Waals surface area contributed by atoms with Crippen molar-refractivity contribution in [3.05, 3.63) is 35.3 Å². The molecule has 1 atom stereocenters. The van der Waals surface area contributed by atoms with Crippen LogP contribution in [0.3, 0.4) is 0 Å². The van der Waals surface area contributed by atoms with E-state index in [1.165, 1.54) is 6.07 Å². The number of aliphatic hydroxyl groups excluding tert-OH is 2. The SMILES string of the molecule is OC(O)C1=CN(C2CC2)c2cc(N3CCNCC3)c(F)cc2C1O. The summed E-state index contributed by atoms with van der Waals surface area (Å²) >= 11 is 0. The zero-order chi connectivity index (χ0) is 16.8.